The van der Waals surface area contributed by atoms with Crippen LogP contribution in [0.1, 0.15) is 62.1 Å². The lowest BCUT2D eigenvalue weighted by molar-refractivity contribution is 0.143. The van der Waals surface area contributed by atoms with Gasteiger partial charge in [-0.15, -0.1) is 0 Å². The van der Waals surface area contributed by atoms with Crippen LogP contribution in [0.2, 0.25) is 5.02 Å². The lowest BCUT2D eigenvalue weighted by Gasteiger charge is -2.41. The Bertz CT molecular complexity index is 1260. The highest BCUT2D eigenvalue weighted by Crippen LogP contribution is 2.56. The molecule has 1 aromatic heterocycles. The van der Waals surface area contributed by atoms with Gasteiger partial charge in [-0.1, -0.05) is 23.7 Å². The largest absolute Gasteiger partial charge is 0.394 e. The molecule has 7 nitrogen and oxygen atoms in total. The second-order valence-corrected chi connectivity index (χ2v) is 14.7. The van der Waals surface area contributed by atoms with Crippen LogP contribution in [-0.4, -0.2) is 52.9 Å². The molecule has 3 fully saturated rings. The van der Waals surface area contributed by atoms with Crippen molar-refractivity contribution in [2.75, 3.05) is 29.2 Å². The molecule has 34 heavy (non-hydrogen) atoms. The molecule has 1 atom stereocenters. The number of halogens is 1. The van der Waals surface area contributed by atoms with E-state index in [0.717, 1.165) is 55.7 Å². The summed E-state index contributed by atoms with van der Waals surface area (Å²) in [4.78, 5) is 10.0. The van der Waals surface area contributed by atoms with Crippen LogP contribution in [0.15, 0.2) is 33.5 Å². The maximum atomic E-state index is 13.7. The zero-order valence-corrected chi connectivity index (χ0v) is 21.4. The fourth-order valence-electron chi connectivity index (χ4n) is 5.45. The third-order valence-corrected chi connectivity index (χ3v) is 12.2. The quantitative estimate of drug-likeness (QED) is 0.609. The number of aliphatic hydroxyl groups is 1. The van der Waals surface area contributed by atoms with Crippen LogP contribution in [0, 0.1) is 0 Å². The molecule has 2 N–H and O–H groups in total. The normalized spacial score (nSPS) is 30.4. The molecule has 182 valence electrons. The van der Waals surface area contributed by atoms with Crippen molar-refractivity contribution < 1.29 is 13.5 Å². The van der Waals surface area contributed by atoms with Gasteiger partial charge in [-0.2, -0.15) is 9.35 Å². The van der Waals surface area contributed by atoms with E-state index in [1.165, 1.54) is 5.56 Å². The molecule has 6 rings (SSSR count). The highest BCUT2D eigenvalue weighted by atomic mass is 35.5. The van der Waals surface area contributed by atoms with E-state index in [4.69, 9.17) is 16.6 Å². The van der Waals surface area contributed by atoms with E-state index in [2.05, 4.69) is 14.7 Å². The Labute approximate surface area is 207 Å². The summed E-state index contributed by atoms with van der Waals surface area (Å²) in [5, 5.41) is 14.1. The monoisotopic (exact) mass is 520 g/mol. The Morgan fingerprint density at radius 2 is 1.85 bits per heavy atom. The number of nitrogens with one attached hydrogen (secondary N) is 1. The number of hydrogen-bond acceptors (Lipinski definition) is 7. The smallest absolute Gasteiger partial charge is 0.260 e. The van der Waals surface area contributed by atoms with Crippen LogP contribution in [0.5, 0.6) is 0 Å². The molecule has 2 aliphatic carbocycles. The summed E-state index contributed by atoms with van der Waals surface area (Å²) in [7, 11) is -3.65. The predicted octanol–water partition coefficient (Wildman–Crippen LogP) is 4.29. The van der Waals surface area contributed by atoms with Crippen LogP contribution in [0.25, 0.3) is 0 Å². The molecule has 1 saturated heterocycles. The fourth-order valence-corrected chi connectivity index (χ4v) is 9.51. The van der Waals surface area contributed by atoms with E-state index in [1.54, 1.807) is 0 Å². The van der Waals surface area contributed by atoms with Gasteiger partial charge in [-0.3, -0.25) is 4.21 Å². The first-order chi connectivity index (χ1) is 16.3. The van der Waals surface area contributed by atoms with Gasteiger partial charge < -0.3 is 10.4 Å². The molecule has 0 unspecified atom stereocenters. The van der Waals surface area contributed by atoms with E-state index in [-0.39, 0.29) is 18.0 Å². The lowest BCUT2D eigenvalue weighted by Crippen LogP contribution is -2.48. The number of hydrogen-bond donors (Lipinski definition) is 2. The number of anilines is 1. The first kappa shape index (κ1) is 22.9. The van der Waals surface area contributed by atoms with E-state index in [0.29, 0.717) is 33.9 Å². The van der Waals surface area contributed by atoms with Gasteiger partial charge in [0.2, 0.25) is 0 Å². The molecule has 2 aliphatic heterocycles. The maximum absolute atomic E-state index is 13.7. The Morgan fingerprint density at radius 1 is 1.15 bits per heavy atom. The van der Waals surface area contributed by atoms with Gasteiger partial charge in [0, 0.05) is 27.7 Å². The van der Waals surface area contributed by atoms with Crippen LogP contribution < -0.4 is 5.32 Å². The molecule has 0 bridgehead atoms. The van der Waals surface area contributed by atoms with Gasteiger partial charge in [0.1, 0.15) is 10.7 Å². The molecule has 3 heterocycles. The van der Waals surface area contributed by atoms with Crippen LogP contribution in [0.3, 0.4) is 0 Å². The Balaban J connectivity index is 1.32. The number of benzene rings is 1. The number of aliphatic hydroxyl groups excluding tert-OH is 1. The minimum atomic E-state index is -2.48. The van der Waals surface area contributed by atoms with Crippen LogP contribution >= 0.6 is 11.6 Å². The zero-order valence-electron chi connectivity index (χ0n) is 19.0. The second-order valence-electron chi connectivity index (χ2n) is 10.3. The highest BCUT2D eigenvalue weighted by molar-refractivity contribution is 7.93. The Hall–Kier alpha value is -1.55. The highest BCUT2D eigenvalue weighted by Gasteiger charge is 2.55. The summed E-state index contributed by atoms with van der Waals surface area (Å²) >= 11 is 6.02. The summed E-state index contributed by atoms with van der Waals surface area (Å²) < 4.78 is 31.3. The van der Waals surface area contributed by atoms with E-state index in [9.17, 15) is 13.5 Å². The first-order valence-electron chi connectivity index (χ1n) is 12.0. The minimum Gasteiger partial charge on any atom is -0.394 e. The topological polar surface area (TPSA) is 105 Å². The second kappa shape index (κ2) is 8.25. The van der Waals surface area contributed by atoms with Crippen molar-refractivity contribution in [1.29, 1.82) is 0 Å². The molecule has 2 saturated carbocycles. The summed E-state index contributed by atoms with van der Waals surface area (Å²) in [5.74, 6) is 2.66. The average Bonchev–Trinajstić information content (AvgIpc) is 3.51. The lowest BCUT2D eigenvalue weighted by atomic mass is 9.77. The average molecular weight is 521 g/mol. The van der Waals surface area contributed by atoms with Gasteiger partial charge in [0.15, 0.2) is 0 Å². The maximum Gasteiger partial charge on any atom is 0.260 e. The van der Waals surface area contributed by atoms with E-state index >= 15 is 0 Å². The minimum absolute atomic E-state index is 0.00113. The molecule has 1 spiro atoms. The van der Waals surface area contributed by atoms with Crippen molar-refractivity contribution in [1.82, 2.24) is 9.97 Å². The van der Waals surface area contributed by atoms with Crippen molar-refractivity contribution in [3.8, 4) is 0 Å². The summed E-state index contributed by atoms with van der Waals surface area (Å²) in [6.45, 7) is -0.00113. The van der Waals surface area contributed by atoms with Crippen LogP contribution in [0.4, 0.5) is 11.8 Å². The number of fused-ring (bicyclic) bond motifs is 2. The number of aromatic nitrogens is 2. The van der Waals surface area contributed by atoms with Crippen molar-refractivity contribution in [3.05, 3.63) is 40.5 Å². The van der Waals surface area contributed by atoms with E-state index in [1.807, 2.05) is 24.3 Å². The molecule has 1 aromatic carbocycles. The van der Waals surface area contributed by atoms with Gasteiger partial charge in [-0.25, -0.2) is 9.19 Å². The van der Waals surface area contributed by atoms with Crippen LogP contribution in [-0.2, 0) is 25.9 Å². The molecule has 2 aromatic rings. The van der Waals surface area contributed by atoms with Gasteiger partial charge in [0.05, 0.1) is 38.4 Å². The van der Waals surface area contributed by atoms with Gasteiger partial charge in [-0.05, 0) is 68.6 Å². The number of nitrogens with zero attached hydrogens (tertiary/aromatic N) is 3. The zero-order chi connectivity index (χ0) is 23.6. The SMILES string of the molecule is O=[S@@]1CC2(CC2)c2nc(N=S3(=O)CCC(c4ccc(Cl)cc4)CC3)nc(NC3(CO)CCC3)c21. The molecule has 10 heteroatoms. The van der Waals surface area contributed by atoms with Gasteiger partial charge >= 0.3 is 0 Å². The first-order valence-corrected chi connectivity index (χ1v) is 15.6. The van der Waals surface area contributed by atoms with E-state index < -0.39 is 26.1 Å². The van der Waals surface area contributed by atoms with Gasteiger partial charge in [0.25, 0.3) is 5.95 Å². The Kier molecular flexibility index (Phi) is 5.55. The van der Waals surface area contributed by atoms with Crippen molar-refractivity contribution in [3.63, 3.8) is 0 Å². The third kappa shape index (κ3) is 3.98. The van der Waals surface area contributed by atoms with Crippen molar-refractivity contribution in [2.24, 2.45) is 4.36 Å². The third-order valence-electron chi connectivity index (χ3n) is 8.00. The standard InChI is InChI=1S/C24H29ClN4O3S2/c25-18-4-2-16(3-5-18)17-6-12-34(32,13-7-17)29-22-26-20-19(33(31)15-23(20)10-11-23)21(27-22)28-24(14-30)8-1-9-24/h2-5,17,30H,1,6-15H2,(H,26,27,28)/t17?,33-,34?/m1/s1. The molecular formula is C24H29ClN4O3S2. The summed E-state index contributed by atoms with van der Waals surface area (Å²) in [6.07, 6.45) is 6.23. The molecule has 4 aliphatic rings. The summed E-state index contributed by atoms with van der Waals surface area (Å²) in [5.41, 5.74) is 1.46. The Morgan fingerprint density at radius 3 is 2.44 bits per heavy atom. The molecular weight excluding hydrogens is 492 g/mol. The van der Waals surface area contributed by atoms with Crippen molar-refractivity contribution in [2.45, 2.75) is 66.7 Å². The molecule has 0 amide bonds. The fraction of sp³-hybridized carbons (Fsp3) is 0.583. The summed E-state index contributed by atoms with van der Waals surface area (Å²) in [6, 6.07) is 7.90. The predicted molar refractivity (Wildman–Crippen MR) is 135 cm³/mol. The molecule has 0 radical (unpaired) electrons. The van der Waals surface area contributed by atoms with Crippen molar-refractivity contribution >= 4 is 43.9 Å². The number of rotatable bonds is 5.